The molecule has 1 heterocycles. The normalized spacial score (nSPS) is 22.1. The Morgan fingerprint density at radius 3 is 1.50 bits per heavy atom. The van der Waals surface area contributed by atoms with Crippen LogP contribution in [0.3, 0.4) is 0 Å². The van der Waals surface area contributed by atoms with Crippen LogP contribution in [0.15, 0.2) is 12.2 Å². The van der Waals surface area contributed by atoms with Crippen molar-refractivity contribution < 1.29 is 44.9 Å². The van der Waals surface area contributed by atoms with Crippen molar-refractivity contribution in [3.63, 3.8) is 0 Å². The van der Waals surface area contributed by atoms with Crippen molar-refractivity contribution in [2.45, 2.75) is 249 Å². The van der Waals surface area contributed by atoms with E-state index >= 15 is 0 Å². The fourth-order valence-electron chi connectivity index (χ4n) is 7.22. The molecule has 0 aromatic heterocycles. The van der Waals surface area contributed by atoms with Gasteiger partial charge in [0.2, 0.25) is 5.91 Å². The molecule has 1 amide bonds. The fraction of sp³-hybridized carbons (Fsp3) is 0.932. The summed E-state index contributed by atoms with van der Waals surface area (Å²) in [5.74, 6) is -0.615. The number of ether oxygens (including phenoxy) is 2. The third kappa shape index (κ3) is 25.2. The molecule has 0 bridgehead atoms. The maximum atomic E-state index is 13.0. The summed E-state index contributed by atoms with van der Waals surface area (Å²) in [6.07, 6.45) is 28.6. The summed E-state index contributed by atoms with van der Waals surface area (Å²) in [6.45, 7) is 3.60. The maximum absolute atomic E-state index is 13.0. The minimum Gasteiger partial charge on any atom is -0.394 e. The van der Waals surface area contributed by atoms with Crippen LogP contribution in [0.1, 0.15) is 200 Å². The van der Waals surface area contributed by atoms with E-state index in [4.69, 9.17) is 9.47 Å². The second-order valence-corrected chi connectivity index (χ2v) is 16.0. The van der Waals surface area contributed by atoms with Crippen molar-refractivity contribution in [3.05, 3.63) is 12.2 Å². The van der Waals surface area contributed by atoms with Crippen molar-refractivity contribution in [1.82, 2.24) is 5.32 Å². The summed E-state index contributed by atoms with van der Waals surface area (Å²) in [7, 11) is 0. The third-order valence-electron chi connectivity index (χ3n) is 11.0. The Balaban J connectivity index is 2.42. The summed E-state index contributed by atoms with van der Waals surface area (Å²) >= 11 is 0. The van der Waals surface area contributed by atoms with Crippen molar-refractivity contribution in [2.24, 2.45) is 0 Å². The first-order chi connectivity index (χ1) is 26.3. The van der Waals surface area contributed by atoms with E-state index in [-0.39, 0.29) is 6.61 Å². The largest absolute Gasteiger partial charge is 0.394 e. The lowest BCUT2D eigenvalue weighted by atomic mass is 9.99. The molecule has 320 valence electrons. The zero-order valence-corrected chi connectivity index (χ0v) is 34.6. The molecule has 1 fully saturated rings. The standard InChI is InChI=1S/C44H85NO9/c1-3-5-7-9-11-13-15-17-18-19-21-23-25-27-29-31-33-38(48)43(52)45-36(35-53-44-42(51)41(50)40(49)39(34-46)54-44)37(47)32-30-28-26-24-22-20-16-14-12-10-8-6-4-2/h30,32,36-42,44,46-51H,3-29,31,33-35H2,1-2H3,(H,45,52)/b32-30+/t36-,37+,38+,39+,40+,41-,42+,44+/m0/s1. The lowest BCUT2D eigenvalue weighted by Gasteiger charge is -2.40. The quantitative estimate of drug-likeness (QED) is 0.0245. The average Bonchev–Trinajstić information content (AvgIpc) is 3.17. The highest BCUT2D eigenvalue weighted by molar-refractivity contribution is 5.80. The highest BCUT2D eigenvalue weighted by atomic mass is 16.7. The Morgan fingerprint density at radius 2 is 1.06 bits per heavy atom. The summed E-state index contributed by atoms with van der Waals surface area (Å²) < 4.78 is 11.1. The summed E-state index contributed by atoms with van der Waals surface area (Å²) in [5.41, 5.74) is 0. The van der Waals surface area contributed by atoms with Crippen LogP contribution < -0.4 is 5.32 Å². The van der Waals surface area contributed by atoms with E-state index in [9.17, 15) is 35.4 Å². The molecule has 0 aromatic carbocycles. The van der Waals surface area contributed by atoms with Crippen LogP contribution in [0.25, 0.3) is 0 Å². The first-order valence-corrected chi connectivity index (χ1v) is 22.5. The molecular formula is C44H85NO9. The number of rotatable bonds is 37. The molecule has 10 heteroatoms. The predicted octanol–water partition coefficient (Wildman–Crippen LogP) is 7.92. The number of carbonyl (C=O) groups excluding carboxylic acids is 1. The minimum absolute atomic E-state index is 0.301. The summed E-state index contributed by atoms with van der Waals surface area (Å²) in [4.78, 5) is 13.0. The van der Waals surface area contributed by atoms with Gasteiger partial charge in [-0.3, -0.25) is 4.79 Å². The number of aliphatic hydroxyl groups is 6. The zero-order chi connectivity index (χ0) is 39.7. The van der Waals surface area contributed by atoms with Gasteiger partial charge in [0.05, 0.1) is 25.4 Å². The first-order valence-electron chi connectivity index (χ1n) is 22.5. The number of nitrogens with one attached hydrogen (secondary N) is 1. The maximum Gasteiger partial charge on any atom is 0.249 e. The SMILES string of the molecule is CCCCCCCCCCCCC/C=C/[C@@H](O)[C@H](CO[C@@H]1O[C@H](CO)[C@@H](O)[C@H](O)[C@H]1O)NC(=O)[C@H](O)CCCCCCCCCCCCCCCCCC. The van der Waals surface area contributed by atoms with Gasteiger partial charge in [-0.2, -0.15) is 0 Å². The molecule has 0 aromatic rings. The zero-order valence-electron chi connectivity index (χ0n) is 34.6. The van der Waals surface area contributed by atoms with E-state index in [0.29, 0.717) is 6.42 Å². The van der Waals surface area contributed by atoms with E-state index in [2.05, 4.69) is 19.2 Å². The fourth-order valence-corrected chi connectivity index (χ4v) is 7.22. The minimum atomic E-state index is -1.61. The van der Waals surface area contributed by atoms with Crippen LogP contribution in [0.2, 0.25) is 0 Å². The molecule has 0 radical (unpaired) electrons. The van der Waals surface area contributed by atoms with Crippen LogP contribution in [0, 0.1) is 0 Å². The van der Waals surface area contributed by atoms with Gasteiger partial charge in [-0.25, -0.2) is 0 Å². The molecule has 1 saturated heterocycles. The third-order valence-corrected chi connectivity index (χ3v) is 11.0. The number of amides is 1. The number of unbranched alkanes of at least 4 members (excludes halogenated alkanes) is 26. The number of hydrogen-bond donors (Lipinski definition) is 7. The topological polar surface area (TPSA) is 169 Å². The van der Waals surface area contributed by atoms with Crippen LogP contribution in [-0.4, -0.2) is 98.7 Å². The smallest absolute Gasteiger partial charge is 0.249 e. The molecule has 8 atom stereocenters. The van der Waals surface area contributed by atoms with Crippen LogP contribution >= 0.6 is 0 Å². The molecule has 10 nitrogen and oxygen atoms in total. The molecule has 0 spiro atoms. The molecule has 7 N–H and O–H groups in total. The Labute approximate surface area is 329 Å². The van der Waals surface area contributed by atoms with Gasteiger partial charge >= 0.3 is 0 Å². The second-order valence-electron chi connectivity index (χ2n) is 16.0. The number of allylic oxidation sites excluding steroid dienone is 1. The summed E-state index contributed by atoms with van der Waals surface area (Å²) in [5, 5.41) is 64.6. The average molecular weight is 772 g/mol. The van der Waals surface area contributed by atoms with Crippen molar-refractivity contribution in [3.8, 4) is 0 Å². The molecule has 54 heavy (non-hydrogen) atoms. The lowest BCUT2D eigenvalue weighted by molar-refractivity contribution is -0.302. The Hall–Kier alpha value is -1.11. The van der Waals surface area contributed by atoms with Gasteiger partial charge < -0.3 is 45.4 Å². The van der Waals surface area contributed by atoms with E-state index in [1.165, 1.54) is 135 Å². The van der Waals surface area contributed by atoms with Crippen molar-refractivity contribution >= 4 is 5.91 Å². The van der Waals surface area contributed by atoms with E-state index in [1.54, 1.807) is 6.08 Å². The Kier molecular flexibility index (Phi) is 33.1. The predicted molar refractivity (Wildman–Crippen MR) is 218 cm³/mol. The monoisotopic (exact) mass is 772 g/mol. The van der Waals surface area contributed by atoms with Gasteiger partial charge in [-0.15, -0.1) is 0 Å². The van der Waals surface area contributed by atoms with Gasteiger partial charge in [0.15, 0.2) is 6.29 Å². The van der Waals surface area contributed by atoms with Gasteiger partial charge in [0, 0.05) is 0 Å². The molecule has 1 rings (SSSR count). The van der Waals surface area contributed by atoms with Crippen molar-refractivity contribution in [2.75, 3.05) is 13.2 Å². The van der Waals surface area contributed by atoms with Crippen LogP contribution in [-0.2, 0) is 14.3 Å². The van der Waals surface area contributed by atoms with Gasteiger partial charge in [0.25, 0.3) is 0 Å². The molecule has 0 unspecified atom stereocenters. The Bertz CT molecular complexity index is 875. The van der Waals surface area contributed by atoms with Crippen LogP contribution in [0.4, 0.5) is 0 Å². The van der Waals surface area contributed by atoms with E-state index < -0.39 is 61.5 Å². The van der Waals surface area contributed by atoms with Gasteiger partial charge in [-0.05, 0) is 19.3 Å². The Morgan fingerprint density at radius 1 is 0.630 bits per heavy atom. The number of carbonyl (C=O) groups is 1. The molecule has 0 saturated carbocycles. The number of aliphatic hydroxyl groups excluding tert-OH is 6. The van der Waals surface area contributed by atoms with Gasteiger partial charge in [0.1, 0.15) is 30.5 Å². The number of hydrogen-bond acceptors (Lipinski definition) is 9. The highest BCUT2D eigenvalue weighted by Crippen LogP contribution is 2.23. The second kappa shape index (κ2) is 35.1. The van der Waals surface area contributed by atoms with Crippen molar-refractivity contribution in [1.29, 1.82) is 0 Å². The molecule has 0 aliphatic carbocycles. The lowest BCUT2D eigenvalue weighted by Crippen LogP contribution is -2.60. The molecule has 1 aliphatic heterocycles. The van der Waals surface area contributed by atoms with E-state index in [1.807, 2.05) is 6.08 Å². The molecule has 1 aliphatic rings. The highest BCUT2D eigenvalue weighted by Gasteiger charge is 2.44. The summed E-state index contributed by atoms with van der Waals surface area (Å²) in [6, 6.07) is -0.973. The van der Waals surface area contributed by atoms with Gasteiger partial charge in [-0.1, -0.05) is 193 Å². The van der Waals surface area contributed by atoms with Crippen LogP contribution in [0.5, 0.6) is 0 Å². The van der Waals surface area contributed by atoms with E-state index in [0.717, 1.165) is 44.9 Å². The first kappa shape index (κ1) is 50.9. The molecular weight excluding hydrogens is 686 g/mol.